The molecule has 2 aromatic rings. The second-order valence-corrected chi connectivity index (χ2v) is 5.68. The summed E-state index contributed by atoms with van der Waals surface area (Å²) in [4.78, 5) is 13.9. The third-order valence-corrected chi connectivity index (χ3v) is 3.91. The summed E-state index contributed by atoms with van der Waals surface area (Å²) < 4.78 is 13.1. The SMILES string of the molecule is Cc1cc(F)ccc1C(=O)N(C)Cc1ccc(Cl)c(Cl)c1. The van der Waals surface area contributed by atoms with Gasteiger partial charge in [-0.2, -0.15) is 0 Å². The van der Waals surface area contributed by atoms with Gasteiger partial charge in [-0.05, 0) is 48.4 Å². The van der Waals surface area contributed by atoms with Crippen molar-refractivity contribution in [2.45, 2.75) is 13.5 Å². The molecule has 0 bridgehead atoms. The number of hydrogen-bond acceptors (Lipinski definition) is 1. The maximum atomic E-state index is 13.1. The second-order valence-electron chi connectivity index (χ2n) is 4.87. The van der Waals surface area contributed by atoms with Gasteiger partial charge in [0, 0.05) is 19.2 Å². The number of nitrogens with zero attached hydrogens (tertiary/aromatic N) is 1. The van der Waals surface area contributed by atoms with Gasteiger partial charge in [0.25, 0.3) is 5.91 Å². The Morgan fingerprint density at radius 1 is 1.14 bits per heavy atom. The number of carbonyl (C=O) groups excluding carboxylic acids is 1. The van der Waals surface area contributed by atoms with Crippen molar-refractivity contribution in [2.75, 3.05) is 7.05 Å². The van der Waals surface area contributed by atoms with Gasteiger partial charge < -0.3 is 4.90 Å². The van der Waals surface area contributed by atoms with Crippen LogP contribution in [0.15, 0.2) is 36.4 Å². The zero-order valence-electron chi connectivity index (χ0n) is 11.7. The number of halogens is 3. The zero-order chi connectivity index (χ0) is 15.6. The van der Waals surface area contributed by atoms with Gasteiger partial charge in [-0.1, -0.05) is 29.3 Å². The lowest BCUT2D eigenvalue weighted by Gasteiger charge is -2.19. The lowest BCUT2D eigenvalue weighted by molar-refractivity contribution is 0.0784. The summed E-state index contributed by atoms with van der Waals surface area (Å²) in [5.41, 5.74) is 1.97. The van der Waals surface area contributed by atoms with Crippen molar-refractivity contribution < 1.29 is 9.18 Å². The Bertz CT molecular complexity index is 688. The molecular weight excluding hydrogens is 312 g/mol. The number of amides is 1. The van der Waals surface area contributed by atoms with Crippen LogP contribution in [0.2, 0.25) is 10.0 Å². The summed E-state index contributed by atoms with van der Waals surface area (Å²) in [6, 6.07) is 9.37. The number of hydrogen-bond donors (Lipinski definition) is 0. The highest BCUT2D eigenvalue weighted by atomic mass is 35.5. The van der Waals surface area contributed by atoms with Gasteiger partial charge in [0.05, 0.1) is 10.0 Å². The monoisotopic (exact) mass is 325 g/mol. The summed E-state index contributed by atoms with van der Waals surface area (Å²) in [6.07, 6.45) is 0. The van der Waals surface area contributed by atoms with E-state index in [1.54, 1.807) is 31.0 Å². The van der Waals surface area contributed by atoms with E-state index in [2.05, 4.69) is 0 Å². The van der Waals surface area contributed by atoms with Gasteiger partial charge in [-0.25, -0.2) is 4.39 Å². The van der Waals surface area contributed by atoms with Gasteiger partial charge >= 0.3 is 0 Å². The highest BCUT2D eigenvalue weighted by Gasteiger charge is 2.15. The van der Waals surface area contributed by atoms with Gasteiger partial charge in [0.15, 0.2) is 0 Å². The molecule has 0 aliphatic carbocycles. The molecule has 0 heterocycles. The maximum absolute atomic E-state index is 13.1. The first kappa shape index (κ1) is 15.8. The van der Waals surface area contributed by atoms with Crippen molar-refractivity contribution in [1.82, 2.24) is 4.90 Å². The largest absolute Gasteiger partial charge is 0.337 e. The van der Waals surface area contributed by atoms with E-state index in [1.807, 2.05) is 6.07 Å². The van der Waals surface area contributed by atoms with Crippen molar-refractivity contribution in [1.29, 1.82) is 0 Å². The lowest BCUT2D eigenvalue weighted by Crippen LogP contribution is -2.26. The Hall–Kier alpha value is -1.58. The number of benzene rings is 2. The van der Waals surface area contributed by atoms with E-state index in [1.165, 1.54) is 18.2 Å². The van der Waals surface area contributed by atoms with E-state index in [9.17, 15) is 9.18 Å². The molecule has 0 aliphatic heterocycles. The Morgan fingerprint density at radius 3 is 2.48 bits per heavy atom. The minimum atomic E-state index is -0.351. The third kappa shape index (κ3) is 3.74. The summed E-state index contributed by atoms with van der Waals surface area (Å²) in [5, 5.41) is 0.928. The van der Waals surface area contributed by atoms with E-state index in [0.29, 0.717) is 27.7 Å². The molecule has 21 heavy (non-hydrogen) atoms. The van der Waals surface area contributed by atoms with Crippen molar-refractivity contribution in [3.63, 3.8) is 0 Å². The molecule has 0 aromatic heterocycles. The minimum absolute atomic E-state index is 0.168. The molecule has 0 radical (unpaired) electrons. The summed E-state index contributed by atoms with van der Waals surface area (Å²) in [5.74, 6) is -0.519. The minimum Gasteiger partial charge on any atom is -0.337 e. The first-order valence-electron chi connectivity index (χ1n) is 6.34. The van der Waals surface area contributed by atoms with Crippen LogP contribution in [0.3, 0.4) is 0 Å². The average molecular weight is 326 g/mol. The van der Waals surface area contributed by atoms with Crippen LogP contribution in [0.1, 0.15) is 21.5 Å². The fourth-order valence-corrected chi connectivity index (χ4v) is 2.38. The molecule has 0 saturated heterocycles. The molecule has 0 atom stereocenters. The molecule has 0 spiro atoms. The first-order valence-corrected chi connectivity index (χ1v) is 7.09. The van der Waals surface area contributed by atoms with E-state index < -0.39 is 0 Å². The van der Waals surface area contributed by atoms with Crippen molar-refractivity contribution in [3.8, 4) is 0 Å². The van der Waals surface area contributed by atoms with E-state index in [-0.39, 0.29) is 11.7 Å². The molecule has 2 rings (SSSR count). The Morgan fingerprint density at radius 2 is 1.86 bits per heavy atom. The highest BCUT2D eigenvalue weighted by molar-refractivity contribution is 6.42. The van der Waals surface area contributed by atoms with Crippen molar-refractivity contribution in [3.05, 3.63) is 69.0 Å². The van der Waals surface area contributed by atoms with Crippen LogP contribution in [-0.4, -0.2) is 17.9 Å². The molecule has 2 nitrogen and oxygen atoms in total. The predicted molar refractivity (Wildman–Crippen MR) is 83.4 cm³/mol. The molecule has 0 fully saturated rings. The second kappa shape index (κ2) is 6.46. The predicted octanol–water partition coefficient (Wildman–Crippen LogP) is 4.71. The van der Waals surface area contributed by atoms with E-state index in [0.717, 1.165) is 5.56 Å². The molecule has 0 N–H and O–H groups in total. The van der Waals surface area contributed by atoms with Gasteiger partial charge in [-0.3, -0.25) is 4.79 Å². The lowest BCUT2D eigenvalue weighted by atomic mass is 10.1. The Balaban J connectivity index is 2.17. The molecule has 110 valence electrons. The summed E-state index contributed by atoms with van der Waals surface area (Å²) in [6.45, 7) is 2.11. The highest BCUT2D eigenvalue weighted by Crippen LogP contribution is 2.23. The Labute approximate surface area is 133 Å². The number of carbonyl (C=O) groups is 1. The molecule has 2 aromatic carbocycles. The van der Waals surface area contributed by atoms with E-state index in [4.69, 9.17) is 23.2 Å². The van der Waals surface area contributed by atoms with Crippen LogP contribution in [-0.2, 0) is 6.54 Å². The Kier molecular flexibility index (Phi) is 4.86. The van der Waals surface area contributed by atoms with E-state index >= 15 is 0 Å². The van der Waals surface area contributed by atoms with Crippen molar-refractivity contribution in [2.24, 2.45) is 0 Å². The number of aryl methyl sites for hydroxylation is 1. The standard InChI is InChI=1S/C16H14Cl2FNO/c1-10-7-12(19)4-5-13(10)16(21)20(2)9-11-3-6-14(17)15(18)8-11/h3-8H,9H2,1-2H3. The molecule has 0 unspecified atom stereocenters. The van der Waals surface area contributed by atoms with Crippen molar-refractivity contribution >= 4 is 29.1 Å². The van der Waals surface area contributed by atoms with Crippen LogP contribution in [0.5, 0.6) is 0 Å². The summed E-state index contributed by atoms with van der Waals surface area (Å²) >= 11 is 11.8. The van der Waals surface area contributed by atoms with Crippen LogP contribution in [0, 0.1) is 12.7 Å². The fraction of sp³-hybridized carbons (Fsp3) is 0.188. The average Bonchev–Trinajstić information content (AvgIpc) is 2.42. The first-order chi connectivity index (χ1) is 9.88. The van der Waals surface area contributed by atoms with Crippen LogP contribution >= 0.6 is 23.2 Å². The fourth-order valence-electron chi connectivity index (χ4n) is 2.06. The molecule has 0 saturated carbocycles. The maximum Gasteiger partial charge on any atom is 0.254 e. The molecule has 0 aliphatic rings. The quantitative estimate of drug-likeness (QED) is 0.800. The molecular formula is C16H14Cl2FNO. The number of rotatable bonds is 3. The van der Waals surface area contributed by atoms with Gasteiger partial charge in [-0.15, -0.1) is 0 Å². The summed E-state index contributed by atoms with van der Waals surface area (Å²) in [7, 11) is 1.69. The van der Waals surface area contributed by atoms with Crippen LogP contribution in [0.25, 0.3) is 0 Å². The normalized spacial score (nSPS) is 10.5. The van der Waals surface area contributed by atoms with Crippen LogP contribution < -0.4 is 0 Å². The van der Waals surface area contributed by atoms with Crippen LogP contribution in [0.4, 0.5) is 4.39 Å². The van der Waals surface area contributed by atoms with Gasteiger partial charge in [0.1, 0.15) is 5.82 Å². The third-order valence-electron chi connectivity index (χ3n) is 3.17. The molecule has 1 amide bonds. The van der Waals surface area contributed by atoms with Gasteiger partial charge in [0.2, 0.25) is 0 Å². The molecule has 5 heteroatoms. The zero-order valence-corrected chi connectivity index (χ0v) is 13.2. The smallest absolute Gasteiger partial charge is 0.254 e. The topological polar surface area (TPSA) is 20.3 Å².